The summed E-state index contributed by atoms with van der Waals surface area (Å²) in [5.74, 6) is 0.613. The maximum Gasteiger partial charge on any atom is 0.221 e. The molecule has 0 fully saturated rings. The second kappa shape index (κ2) is 5.72. The molecule has 0 bridgehead atoms. The fourth-order valence-electron chi connectivity index (χ4n) is 2.88. The van der Waals surface area contributed by atoms with Crippen molar-refractivity contribution in [1.82, 2.24) is 0 Å². The van der Waals surface area contributed by atoms with Gasteiger partial charge in [0.1, 0.15) is 17.0 Å². The van der Waals surface area contributed by atoms with E-state index in [1.54, 1.807) is 7.11 Å². The molecule has 0 spiro atoms. The van der Waals surface area contributed by atoms with Gasteiger partial charge in [0.05, 0.1) is 7.11 Å². The first kappa shape index (κ1) is 15.0. The lowest BCUT2D eigenvalue weighted by atomic mass is 9.89. The minimum absolute atomic E-state index is 0.175. The lowest BCUT2D eigenvalue weighted by molar-refractivity contribution is -0.114. The largest absolute Gasteiger partial charge is 0.497 e. The van der Waals surface area contributed by atoms with Gasteiger partial charge in [0.15, 0.2) is 0 Å². The quantitative estimate of drug-likeness (QED) is 0.759. The van der Waals surface area contributed by atoms with Crippen LogP contribution < -0.4 is 15.8 Å². The van der Waals surface area contributed by atoms with Gasteiger partial charge in [0, 0.05) is 17.4 Å². The highest BCUT2D eigenvalue weighted by molar-refractivity contribution is 7.20. The Balaban J connectivity index is 2.18. The Morgan fingerprint density at radius 2 is 2.23 bits per heavy atom. The zero-order valence-corrected chi connectivity index (χ0v) is 13.3. The maximum atomic E-state index is 11.4. The number of fused-ring (bicyclic) bond motifs is 3. The molecule has 1 amide bonds. The molecule has 5 nitrogen and oxygen atoms in total. The first-order valence-corrected chi connectivity index (χ1v) is 7.87. The SMILES string of the molecule is COc1ccc2c(c1)-c1sc(NC(C)=O)c(C(N)O)c1CC2. The Bertz CT molecular complexity index is 737. The number of aliphatic hydroxyl groups excluding tert-OH is 1. The van der Waals surface area contributed by atoms with Crippen LogP contribution in [0.2, 0.25) is 0 Å². The third-order valence-corrected chi connectivity index (χ3v) is 5.04. The molecule has 0 saturated heterocycles. The fourth-order valence-corrected chi connectivity index (χ4v) is 4.27. The lowest BCUT2D eigenvalue weighted by Crippen LogP contribution is -2.15. The van der Waals surface area contributed by atoms with E-state index in [1.807, 2.05) is 12.1 Å². The number of nitrogens with two attached hydrogens (primary N) is 1. The van der Waals surface area contributed by atoms with Crippen molar-refractivity contribution < 1.29 is 14.6 Å². The first-order chi connectivity index (χ1) is 10.5. The molecule has 1 aliphatic carbocycles. The first-order valence-electron chi connectivity index (χ1n) is 7.05. The minimum atomic E-state index is -1.10. The Labute approximate surface area is 132 Å². The molecule has 0 aliphatic heterocycles. The Morgan fingerprint density at radius 1 is 1.45 bits per heavy atom. The Morgan fingerprint density at radius 3 is 2.86 bits per heavy atom. The average Bonchev–Trinajstić information content (AvgIpc) is 2.84. The van der Waals surface area contributed by atoms with Crippen LogP contribution in [0.4, 0.5) is 5.00 Å². The molecule has 6 heteroatoms. The van der Waals surface area contributed by atoms with Crippen molar-refractivity contribution in [1.29, 1.82) is 0 Å². The molecule has 1 aliphatic rings. The van der Waals surface area contributed by atoms with Gasteiger partial charge in [-0.25, -0.2) is 0 Å². The van der Waals surface area contributed by atoms with Crippen LogP contribution in [0.15, 0.2) is 18.2 Å². The monoisotopic (exact) mass is 318 g/mol. The van der Waals surface area contributed by atoms with Crippen molar-refractivity contribution >= 4 is 22.2 Å². The third-order valence-electron chi connectivity index (χ3n) is 3.84. The summed E-state index contributed by atoms with van der Waals surface area (Å²) in [5.41, 5.74) is 9.69. The van der Waals surface area contributed by atoms with E-state index < -0.39 is 6.23 Å². The number of ether oxygens (including phenoxy) is 1. The summed E-state index contributed by atoms with van der Waals surface area (Å²) in [5, 5.41) is 13.3. The predicted molar refractivity (Wildman–Crippen MR) is 87.2 cm³/mol. The standard InChI is InChI=1S/C16H18N2O3S/c1-8(19)18-16-13(15(17)20)11-6-4-9-3-5-10(21-2)7-12(9)14(11)22-16/h3,5,7,15,20H,4,6,17H2,1-2H3,(H,18,19). The minimum Gasteiger partial charge on any atom is -0.497 e. The zero-order valence-electron chi connectivity index (χ0n) is 12.5. The van der Waals surface area contributed by atoms with Crippen LogP contribution in [-0.2, 0) is 17.6 Å². The normalized spacial score (nSPS) is 14.0. The van der Waals surface area contributed by atoms with E-state index in [-0.39, 0.29) is 5.91 Å². The van der Waals surface area contributed by atoms with Crippen molar-refractivity contribution in [2.75, 3.05) is 12.4 Å². The van der Waals surface area contributed by atoms with E-state index >= 15 is 0 Å². The molecule has 116 valence electrons. The van der Waals surface area contributed by atoms with Crippen LogP contribution in [0.5, 0.6) is 5.75 Å². The van der Waals surface area contributed by atoms with Crippen LogP contribution in [0.25, 0.3) is 10.4 Å². The number of hydrogen-bond acceptors (Lipinski definition) is 5. The van der Waals surface area contributed by atoms with Crippen molar-refractivity contribution in [3.63, 3.8) is 0 Å². The van der Waals surface area contributed by atoms with E-state index in [4.69, 9.17) is 10.5 Å². The van der Waals surface area contributed by atoms with Gasteiger partial charge >= 0.3 is 0 Å². The van der Waals surface area contributed by atoms with E-state index in [1.165, 1.54) is 23.8 Å². The van der Waals surface area contributed by atoms with E-state index in [2.05, 4.69) is 11.4 Å². The topological polar surface area (TPSA) is 84.6 Å². The second-order valence-electron chi connectivity index (χ2n) is 5.30. The number of thiophene rings is 1. The van der Waals surface area contributed by atoms with Gasteiger partial charge < -0.3 is 20.9 Å². The fraction of sp³-hybridized carbons (Fsp3) is 0.312. The molecule has 1 unspecified atom stereocenters. The summed E-state index contributed by atoms with van der Waals surface area (Å²) in [6, 6.07) is 6.01. The number of hydrogen-bond donors (Lipinski definition) is 3. The molecule has 22 heavy (non-hydrogen) atoms. The molecular weight excluding hydrogens is 300 g/mol. The molecule has 1 atom stereocenters. The number of aliphatic hydroxyl groups is 1. The molecule has 1 heterocycles. The second-order valence-corrected chi connectivity index (χ2v) is 6.32. The van der Waals surface area contributed by atoms with Crippen molar-refractivity contribution in [3.05, 3.63) is 34.9 Å². The van der Waals surface area contributed by atoms with Gasteiger partial charge in [-0.3, -0.25) is 4.79 Å². The van der Waals surface area contributed by atoms with Crippen LogP contribution >= 0.6 is 11.3 Å². The van der Waals surface area contributed by atoms with Crippen molar-refractivity contribution in [2.24, 2.45) is 5.73 Å². The van der Waals surface area contributed by atoms with Gasteiger partial charge in [-0.15, -0.1) is 11.3 Å². The molecule has 0 saturated carbocycles. The summed E-state index contributed by atoms with van der Waals surface area (Å²) < 4.78 is 5.31. The third kappa shape index (κ3) is 2.49. The maximum absolute atomic E-state index is 11.4. The summed E-state index contributed by atoms with van der Waals surface area (Å²) in [6.07, 6.45) is 0.574. The number of nitrogens with one attached hydrogen (secondary N) is 1. The Kier molecular flexibility index (Phi) is 3.90. The highest BCUT2D eigenvalue weighted by Crippen LogP contribution is 2.47. The summed E-state index contributed by atoms with van der Waals surface area (Å²) in [7, 11) is 1.64. The average molecular weight is 318 g/mol. The van der Waals surface area contributed by atoms with Gasteiger partial charge in [0.25, 0.3) is 0 Å². The van der Waals surface area contributed by atoms with Crippen molar-refractivity contribution in [2.45, 2.75) is 26.0 Å². The number of carbonyl (C=O) groups is 1. The Hall–Kier alpha value is -1.89. The van der Waals surface area contributed by atoms with Crippen LogP contribution in [0.1, 0.15) is 29.8 Å². The number of aryl methyl sites for hydroxylation is 1. The van der Waals surface area contributed by atoms with Crippen LogP contribution in [0.3, 0.4) is 0 Å². The molecule has 4 N–H and O–H groups in total. The number of rotatable bonds is 3. The number of benzene rings is 1. The van der Waals surface area contributed by atoms with Gasteiger partial charge in [0.2, 0.25) is 5.91 Å². The summed E-state index contributed by atoms with van der Waals surface area (Å²) in [4.78, 5) is 12.4. The number of carbonyl (C=O) groups excluding carboxylic acids is 1. The van der Waals surface area contributed by atoms with E-state index in [0.29, 0.717) is 10.6 Å². The molecule has 1 aromatic heterocycles. The summed E-state index contributed by atoms with van der Waals surface area (Å²) >= 11 is 1.45. The van der Waals surface area contributed by atoms with E-state index in [0.717, 1.165) is 34.6 Å². The van der Waals surface area contributed by atoms with Crippen LogP contribution in [0, 0.1) is 0 Å². The number of methoxy groups -OCH3 is 1. The zero-order chi connectivity index (χ0) is 15.9. The van der Waals surface area contributed by atoms with E-state index in [9.17, 15) is 9.90 Å². The molecule has 0 radical (unpaired) electrons. The molecular formula is C16H18N2O3S. The van der Waals surface area contributed by atoms with Crippen LogP contribution in [-0.4, -0.2) is 18.1 Å². The van der Waals surface area contributed by atoms with Gasteiger partial charge in [-0.1, -0.05) is 6.07 Å². The highest BCUT2D eigenvalue weighted by atomic mass is 32.1. The summed E-state index contributed by atoms with van der Waals surface area (Å²) in [6.45, 7) is 1.45. The predicted octanol–water partition coefficient (Wildman–Crippen LogP) is 2.43. The highest BCUT2D eigenvalue weighted by Gasteiger charge is 2.27. The van der Waals surface area contributed by atoms with Gasteiger partial charge in [-0.05, 0) is 41.7 Å². The molecule has 1 aromatic carbocycles. The number of anilines is 1. The molecule has 2 aromatic rings. The smallest absolute Gasteiger partial charge is 0.221 e. The van der Waals surface area contributed by atoms with Gasteiger partial charge in [-0.2, -0.15) is 0 Å². The lowest BCUT2D eigenvalue weighted by Gasteiger charge is -2.19. The number of amides is 1. The molecule has 3 rings (SSSR count). The van der Waals surface area contributed by atoms with Crippen molar-refractivity contribution in [3.8, 4) is 16.2 Å².